The Morgan fingerprint density at radius 2 is 1.80 bits per heavy atom. The molecular weight excluding hydrogens is 444 g/mol. The highest BCUT2D eigenvalue weighted by molar-refractivity contribution is 5.90. The van der Waals surface area contributed by atoms with Crippen LogP contribution in [0.5, 0.6) is 5.75 Å². The first-order valence-electron chi connectivity index (χ1n) is 12.4. The van der Waals surface area contributed by atoms with Gasteiger partial charge in [-0.3, -0.25) is 9.69 Å². The van der Waals surface area contributed by atoms with Gasteiger partial charge in [0.2, 0.25) is 0 Å². The van der Waals surface area contributed by atoms with E-state index < -0.39 is 17.7 Å². The number of hydrogen-bond donors (Lipinski definition) is 0. The quantitative estimate of drug-likeness (QED) is 0.607. The molecule has 186 valence electrons. The predicted molar refractivity (Wildman–Crippen MR) is 131 cm³/mol. The molecule has 3 aliphatic rings. The van der Waals surface area contributed by atoms with Gasteiger partial charge in [0.05, 0.1) is 24.8 Å². The van der Waals surface area contributed by atoms with Crippen LogP contribution in [-0.4, -0.2) is 60.6 Å². The van der Waals surface area contributed by atoms with Gasteiger partial charge in [0, 0.05) is 30.7 Å². The molecule has 0 aromatic heterocycles. The van der Waals surface area contributed by atoms with Crippen molar-refractivity contribution in [3.05, 3.63) is 64.7 Å². The predicted octanol–water partition coefficient (Wildman–Crippen LogP) is 4.06. The Balaban J connectivity index is 1.38. The summed E-state index contributed by atoms with van der Waals surface area (Å²) in [6.07, 6.45) is 1.11. The number of methoxy groups -OCH3 is 1. The zero-order chi connectivity index (χ0) is 24.8. The van der Waals surface area contributed by atoms with Crippen LogP contribution in [0.15, 0.2) is 42.5 Å². The van der Waals surface area contributed by atoms with Crippen molar-refractivity contribution in [3.63, 3.8) is 0 Å². The van der Waals surface area contributed by atoms with Crippen LogP contribution in [0.2, 0.25) is 0 Å². The van der Waals surface area contributed by atoms with Crippen molar-refractivity contribution in [2.24, 2.45) is 0 Å². The van der Waals surface area contributed by atoms with E-state index >= 15 is 0 Å². The monoisotopic (exact) mass is 478 g/mol. The van der Waals surface area contributed by atoms with Gasteiger partial charge in [0.25, 0.3) is 5.91 Å². The minimum Gasteiger partial charge on any atom is -0.491 e. The first-order valence-corrected chi connectivity index (χ1v) is 12.4. The molecule has 2 aromatic rings. The molecule has 0 N–H and O–H groups in total. The van der Waals surface area contributed by atoms with Crippen LogP contribution in [0, 0.1) is 0 Å². The molecule has 1 atom stereocenters. The van der Waals surface area contributed by atoms with Crippen LogP contribution in [0.4, 0.5) is 0 Å². The lowest BCUT2D eigenvalue weighted by molar-refractivity contribution is -0.163. The molecule has 35 heavy (non-hydrogen) atoms. The first-order chi connectivity index (χ1) is 16.7. The highest BCUT2D eigenvalue weighted by Gasteiger charge is 2.50. The second-order valence-corrected chi connectivity index (χ2v) is 10.7. The largest absolute Gasteiger partial charge is 0.491 e. The third kappa shape index (κ3) is 4.32. The molecule has 1 spiro atoms. The van der Waals surface area contributed by atoms with Crippen molar-refractivity contribution < 1.29 is 23.8 Å². The van der Waals surface area contributed by atoms with Crippen LogP contribution >= 0.6 is 0 Å². The Labute approximate surface area is 206 Å². The van der Waals surface area contributed by atoms with Crippen molar-refractivity contribution >= 4 is 11.9 Å². The molecule has 1 saturated heterocycles. The Morgan fingerprint density at radius 1 is 1.06 bits per heavy atom. The summed E-state index contributed by atoms with van der Waals surface area (Å²) < 4.78 is 17.4. The van der Waals surface area contributed by atoms with Crippen LogP contribution < -0.4 is 4.74 Å². The molecule has 7 nitrogen and oxygen atoms in total. The topological polar surface area (TPSA) is 68.3 Å². The molecule has 5 rings (SSSR count). The first kappa shape index (κ1) is 23.8. The molecule has 1 amide bonds. The molecule has 1 fully saturated rings. The number of carbonyl (C=O) groups excluding carboxylic acids is 2. The molecule has 3 heterocycles. The maximum atomic E-state index is 13.9. The number of amides is 1. The minimum atomic E-state index is -0.622. The number of ether oxygens (including phenoxy) is 3. The maximum Gasteiger partial charge on any atom is 0.337 e. The standard InChI is InChI=1S/C28H34N2O5/c1-27(2,3)30-13-11-28(12-14-30)22-8-6-5-7-21(22)24(35-28)25(31)29-15-16-34-23-17-19(26(32)33-4)9-10-20(23)18-29/h5-10,17,24H,11-16,18H2,1-4H3. The number of nitrogens with zero attached hydrogens (tertiary/aromatic N) is 2. The normalized spacial score (nSPS) is 21.6. The summed E-state index contributed by atoms with van der Waals surface area (Å²) >= 11 is 0. The lowest BCUT2D eigenvalue weighted by atomic mass is 9.82. The highest BCUT2D eigenvalue weighted by atomic mass is 16.5. The molecule has 7 heteroatoms. The number of piperidine rings is 1. The summed E-state index contributed by atoms with van der Waals surface area (Å²) in [6.45, 7) is 9.81. The maximum absolute atomic E-state index is 13.9. The van der Waals surface area contributed by atoms with E-state index in [-0.39, 0.29) is 11.4 Å². The highest BCUT2D eigenvalue weighted by Crippen LogP contribution is 2.50. The summed E-state index contributed by atoms with van der Waals surface area (Å²) in [7, 11) is 1.36. The molecule has 0 aliphatic carbocycles. The molecule has 0 bridgehead atoms. The van der Waals surface area contributed by atoms with Crippen molar-refractivity contribution in [3.8, 4) is 5.75 Å². The van der Waals surface area contributed by atoms with Crippen LogP contribution in [0.25, 0.3) is 0 Å². The number of rotatable bonds is 2. The molecule has 0 radical (unpaired) electrons. The summed E-state index contributed by atoms with van der Waals surface area (Å²) in [4.78, 5) is 30.1. The molecule has 0 saturated carbocycles. The van der Waals surface area contributed by atoms with Crippen LogP contribution in [0.1, 0.15) is 66.8 Å². The van der Waals surface area contributed by atoms with Gasteiger partial charge in [-0.1, -0.05) is 30.3 Å². The van der Waals surface area contributed by atoms with E-state index in [2.05, 4.69) is 31.7 Å². The second kappa shape index (κ2) is 8.95. The fourth-order valence-electron chi connectivity index (χ4n) is 5.57. The number of esters is 1. The van der Waals surface area contributed by atoms with Crippen molar-refractivity contribution in [2.75, 3.05) is 33.4 Å². The van der Waals surface area contributed by atoms with E-state index in [4.69, 9.17) is 14.2 Å². The Kier molecular flexibility index (Phi) is 6.09. The summed E-state index contributed by atoms with van der Waals surface area (Å²) in [5.41, 5.74) is 3.12. The van der Waals surface area contributed by atoms with E-state index in [1.54, 1.807) is 12.1 Å². The number of hydrogen-bond acceptors (Lipinski definition) is 6. The van der Waals surface area contributed by atoms with Gasteiger partial charge in [0.15, 0.2) is 6.10 Å². The van der Waals surface area contributed by atoms with E-state index in [0.29, 0.717) is 31.0 Å². The third-order valence-corrected chi connectivity index (χ3v) is 7.60. The SMILES string of the molecule is COC(=O)c1ccc2c(c1)OCCN(C(=O)C1OC3(CCN(C(C)(C)C)CC3)c3ccccc31)C2. The van der Waals surface area contributed by atoms with Gasteiger partial charge in [-0.05, 0) is 56.9 Å². The lowest BCUT2D eigenvalue weighted by Crippen LogP contribution is -2.50. The van der Waals surface area contributed by atoms with Gasteiger partial charge >= 0.3 is 5.97 Å². The van der Waals surface area contributed by atoms with E-state index in [0.717, 1.165) is 42.6 Å². The minimum absolute atomic E-state index is 0.0407. The van der Waals surface area contributed by atoms with Gasteiger partial charge in [-0.2, -0.15) is 0 Å². The summed E-state index contributed by atoms with van der Waals surface area (Å²) in [5, 5.41) is 0. The Bertz CT molecular complexity index is 1130. The van der Waals surface area contributed by atoms with Gasteiger partial charge < -0.3 is 19.1 Å². The average molecular weight is 479 g/mol. The zero-order valence-electron chi connectivity index (χ0n) is 21.0. The fraction of sp³-hybridized carbons (Fsp3) is 0.500. The lowest BCUT2D eigenvalue weighted by Gasteiger charge is -2.45. The number of fused-ring (bicyclic) bond motifs is 3. The third-order valence-electron chi connectivity index (χ3n) is 7.60. The molecule has 3 aliphatic heterocycles. The molecular formula is C28H34N2O5. The molecule has 1 unspecified atom stereocenters. The van der Waals surface area contributed by atoms with Gasteiger partial charge in [-0.15, -0.1) is 0 Å². The zero-order valence-corrected chi connectivity index (χ0v) is 21.0. The number of carbonyl (C=O) groups is 2. The Hall–Kier alpha value is -2.90. The fourth-order valence-corrected chi connectivity index (χ4v) is 5.57. The van der Waals surface area contributed by atoms with Crippen molar-refractivity contribution in [2.45, 2.75) is 57.4 Å². The number of likely N-dealkylation sites (tertiary alicyclic amines) is 1. The summed E-state index contributed by atoms with van der Waals surface area (Å²) in [5.74, 6) is 0.162. The van der Waals surface area contributed by atoms with Crippen LogP contribution in [0.3, 0.4) is 0 Å². The summed E-state index contributed by atoms with van der Waals surface area (Å²) in [6, 6.07) is 13.4. The van der Waals surface area contributed by atoms with Crippen LogP contribution in [-0.2, 0) is 26.4 Å². The molecule has 2 aromatic carbocycles. The van der Waals surface area contributed by atoms with Gasteiger partial charge in [0.1, 0.15) is 12.4 Å². The number of benzene rings is 2. The Morgan fingerprint density at radius 3 is 2.51 bits per heavy atom. The second-order valence-electron chi connectivity index (χ2n) is 10.7. The van der Waals surface area contributed by atoms with Crippen molar-refractivity contribution in [1.29, 1.82) is 0 Å². The van der Waals surface area contributed by atoms with E-state index in [1.807, 2.05) is 29.2 Å². The van der Waals surface area contributed by atoms with E-state index in [9.17, 15) is 9.59 Å². The van der Waals surface area contributed by atoms with E-state index in [1.165, 1.54) is 7.11 Å². The van der Waals surface area contributed by atoms with Gasteiger partial charge in [-0.25, -0.2) is 4.79 Å². The average Bonchev–Trinajstić information content (AvgIpc) is 3.01. The van der Waals surface area contributed by atoms with Crippen molar-refractivity contribution in [1.82, 2.24) is 9.80 Å². The smallest absolute Gasteiger partial charge is 0.337 e.